The smallest absolute Gasteiger partial charge is 0.174 e. The molecule has 1 atom stereocenters. The summed E-state index contributed by atoms with van der Waals surface area (Å²) >= 11 is 3.19. The lowest BCUT2D eigenvalue weighted by molar-refractivity contribution is -0.0125. The van der Waals surface area contributed by atoms with Crippen molar-refractivity contribution in [2.45, 2.75) is 25.9 Å². The zero-order valence-corrected chi connectivity index (χ0v) is 13.6. The van der Waals surface area contributed by atoms with Crippen LogP contribution in [0.15, 0.2) is 22.9 Å². The quantitative estimate of drug-likeness (QED) is 0.794. The molecule has 0 aliphatic carbocycles. The molecule has 2 aromatic heterocycles. The molecular weight excluding hydrogens is 304 g/mol. The molecular formula is C15H18N2O2S2. The minimum absolute atomic E-state index is 0.151. The van der Waals surface area contributed by atoms with Crippen LogP contribution in [-0.4, -0.2) is 41.5 Å². The van der Waals surface area contributed by atoms with Crippen LogP contribution in [0.2, 0.25) is 0 Å². The molecule has 1 unspecified atom stereocenters. The van der Waals surface area contributed by atoms with Gasteiger partial charge < -0.3 is 4.74 Å². The van der Waals surface area contributed by atoms with Crippen molar-refractivity contribution in [2.75, 3.05) is 19.8 Å². The molecule has 112 valence electrons. The molecule has 0 N–H and O–H groups in total. The van der Waals surface area contributed by atoms with E-state index in [4.69, 9.17) is 4.74 Å². The molecule has 3 rings (SSSR count). The Bertz CT molecular complexity index is 595. The van der Waals surface area contributed by atoms with Gasteiger partial charge in [-0.1, -0.05) is 6.07 Å². The number of nitrogens with zero attached hydrogens (tertiary/aromatic N) is 2. The van der Waals surface area contributed by atoms with Crippen molar-refractivity contribution < 1.29 is 9.53 Å². The summed E-state index contributed by atoms with van der Waals surface area (Å²) < 4.78 is 5.57. The van der Waals surface area contributed by atoms with Gasteiger partial charge in [0.15, 0.2) is 5.78 Å². The summed E-state index contributed by atoms with van der Waals surface area (Å²) in [4.78, 5) is 20.0. The molecule has 6 heteroatoms. The maximum Gasteiger partial charge on any atom is 0.174 e. The Morgan fingerprint density at radius 3 is 3.14 bits per heavy atom. The first-order valence-corrected chi connectivity index (χ1v) is 8.78. The van der Waals surface area contributed by atoms with E-state index in [1.807, 2.05) is 24.4 Å². The van der Waals surface area contributed by atoms with Gasteiger partial charge in [-0.05, 0) is 18.4 Å². The van der Waals surface area contributed by atoms with Crippen molar-refractivity contribution >= 4 is 28.5 Å². The number of thiophene rings is 1. The topological polar surface area (TPSA) is 42.4 Å². The number of hydrogen-bond acceptors (Lipinski definition) is 6. The van der Waals surface area contributed by atoms with Crippen molar-refractivity contribution in [3.8, 4) is 0 Å². The Kier molecular flexibility index (Phi) is 4.80. The van der Waals surface area contributed by atoms with E-state index < -0.39 is 0 Å². The number of carbonyl (C=O) groups excluding carboxylic acids is 1. The maximum absolute atomic E-state index is 12.3. The van der Waals surface area contributed by atoms with Crippen LogP contribution in [0, 0.1) is 6.92 Å². The number of aromatic nitrogens is 1. The molecule has 3 heterocycles. The van der Waals surface area contributed by atoms with E-state index in [0.29, 0.717) is 13.0 Å². The monoisotopic (exact) mass is 322 g/mol. The SMILES string of the molecule is Cc1csc(CN2CCOCC2CC(=O)c2cccs2)n1. The number of ether oxygens (including phenoxy) is 1. The molecule has 0 aromatic carbocycles. The van der Waals surface area contributed by atoms with E-state index in [0.717, 1.165) is 35.3 Å². The first-order chi connectivity index (χ1) is 10.2. The maximum atomic E-state index is 12.3. The zero-order chi connectivity index (χ0) is 14.7. The highest BCUT2D eigenvalue weighted by Gasteiger charge is 2.26. The molecule has 0 bridgehead atoms. The molecule has 0 radical (unpaired) electrons. The second kappa shape index (κ2) is 6.79. The normalized spacial score (nSPS) is 19.8. The Hall–Kier alpha value is -1.08. The number of morpholine rings is 1. The molecule has 1 saturated heterocycles. The summed E-state index contributed by atoms with van der Waals surface area (Å²) in [5, 5.41) is 5.13. The highest BCUT2D eigenvalue weighted by atomic mass is 32.1. The van der Waals surface area contributed by atoms with Gasteiger partial charge in [-0.2, -0.15) is 0 Å². The lowest BCUT2D eigenvalue weighted by Gasteiger charge is -2.34. The summed E-state index contributed by atoms with van der Waals surface area (Å²) in [6.07, 6.45) is 0.519. The summed E-state index contributed by atoms with van der Waals surface area (Å²) in [7, 11) is 0. The van der Waals surface area contributed by atoms with Gasteiger partial charge in [-0.3, -0.25) is 9.69 Å². The van der Waals surface area contributed by atoms with Crippen molar-refractivity contribution in [1.29, 1.82) is 0 Å². The van der Waals surface area contributed by atoms with E-state index in [1.54, 1.807) is 11.3 Å². The van der Waals surface area contributed by atoms with E-state index in [1.165, 1.54) is 11.3 Å². The summed E-state index contributed by atoms with van der Waals surface area (Å²) in [6, 6.07) is 3.97. The van der Waals surface area contributed by atoms with Gasteiger partial charge in [0.05, 0.1) is 24.6 Å². The van der Waals surface area contributed by atoms with Crippen molar-refractivity contribution in [1.82, 2.24) is 9.88 Å². The number of carbonyl (C=O) groups is 1. The van der Waals surface area contributed by atoms with Gasteiger partial charge in [-0.25, -0.2) is 4.98 Å². The fraction of sp³-hybridized carbons (Fsp3) is 0.467. The number of aryl methyl sites for hydroxylation is 1. The van der Waals surface area contributed by atoms with E-state index in [-0.39, 0.29) is 11.8 Å². The molecule has 1 aliphatic rings. The summed E-state index contributed by atoms with van der Waals surface area (Å²) in [5.41, 5.74) is 1.06. The standard InChI is InChI=1S/C15H18N2O2S2/c1-11-10-21-15(16-11)8-17-4-5-19-9-12(17)7-13(18)14-3-2-6-20-14/h2-3,6,10,12H,4-5,7-9H2,1H3. The third kappa shape index (κ3) is 3.77. The fourth-order valence-electron chi connectivity index (χ4n) is 2.49. The third-order valence-corrected chi connectivity index (χ3v) is 5.43. The lowest BCUT2D eigenvalue weighted by Crippen LogP contribution is -2.45. The minimum Gasteiger partial charge on any atom is -0.378 e. The van der Waals surface area contributed by atoms with Crippen LogP contribution in [0.1, 0.15) is 26.8 Å². The van der Waals surface area contributed by atoms with Gasteiger partial charge in [0, 0.05) is 30.1 Å². The number of ketones is 1. The second-order valence-electron chi connectivity index (χ2n) is 5.19. The summed E-state index contributed by atoms with van der Waals surface area (Å²) in [5.74, 6) is 0.209. The molecule has 0 saturated carbocycles. The fourth-order valence-corrected chi connectivity index (χ4v) is 3.96. The molecule has 1 aliphatic heterocycles. The molecule has 0 spiro atoms. The molecule has 21 heavy (non-hydrogen) atoms. The highest BCUT2D eigenvalue weighted by Crippen LogP contribution is 2.20. The second-order valence-corrected chi connectivity index (χ2v) is 7.08. The predicted molar refractivity (Wildman–Crippen MR) is 85.1 cm³/mol. The average molecular weight is 322 g/mol. The van der Waals surface area contributed by atoms with E-state index in [9.17, 15) is 4.79 Å². The van der Waals surface area contributed by atoms with Gasteiger partial charge in [0.1, 0.15) is 5.01 Å². The number of Topliss-reactive ketones (excluding diaryl/α,β-unsaturated/α-hetero) is 1. The third-order valence-electron chi connectivity index (χ3n) is 3.57. The summed E-state index contributed by atoms with van der Waals surface area (Å²) in [6.45, 7) is 5.04. The van der Waals surface area contributed by atoms with Gasteiger partial charge in [0.25, 0.3) is 0 Å². The van der Waals surface area contributed by atoms with Crippen molar-refractivity contribution in [3.05, 3.63) is 38.5 Å². The molecule has 1 fully saturated rings. The Morgan fingerprint density at radius 2 is 2.43 bits per heavy atom. The zero-order valence-electron chi connectivity index (χ0n) is 11.9. The first kappa shape index (κ1) is 14.8. The van der Waals surface area contributed by atoms with Crippen LogP contribution >= 0.6 is 22.7 Å². The molecule has 4 nitrogen and oxygen atoms in total. The van der Waals surface area contributed by atoms with Gasteiger partial charge in [-0.15, -0.1) is 22.7 Å². The average Bonchev–Trinajstić information content (AvgIpc) is 3.13. The Balaban J connectivity index is 1.65. The van der Waals surface area contributed by atoms with Gasteiger partial charge >= 0.3 is 0 Å². The van der Waals surface area contributed by atoms with Crippen LogP contribution in [-0.2, 0) is 11.3 Å². The van der Waals surface area contributed by atoms with Crippen LogP contribution in [0.3, 0.4) is 0 Å². The van der Waals surface area contributed by atoms with Crippen LogP contribution in [0.25, 0.3) is 0 Å². The van der Waals surface area contributed by atoms with Crippen molar-refractivity contribution in [2.24, 2.45) is 0 Å². The molecule has 0 amide bonds. The van der Waals surface area contributed by atoms with E-state index >= 15 is 0 Å². The number of rotatable bonds is 5. The van der Waals surface area contributed by atoms with Crippen LogP contribution in [0.4, 0.5) is 0 Å². The largest absolute Gasteiger partial charge is 0.378 e. The number of thiazole rings is 1. The minimum atomic E-state index is 0.151. The van der Waals surface area contributed by atoms with Gasteiger partial charge in [0.2, 0.25) is 0 Å². The van der Waals surface area contributed by atoms with Crippen molar-refractivity contribution in [3.63, 3.8) is 0 Å². The number of hydrogen-bond donors (Lipinski definition) is 0. The Morgan fingerprint density at radius 1 is 1.52 bits per heavy atom. The first-order valence-electron chi connectivity index (χ1n) is 7.02. The predicted octanol–water partition coefficient (Wildman–Crippen LogP) is 2.99. The van der Waals surface area contributed by atoms with E-state index in [2.05, 4.69) is 15.3 Å². The van der Waals surface area contributed by atoms with Crippen LogP contribution < -0.4 is 0 Å². The Labute approximate surface area is 132 Å². The molecule has 2 aromatic rings. The highest BCUT2D eigenvalue weighted by molar-refractivity contribution is 7.12. The lowest BCUT2D eigenvalue weighted by atomic mass is 10.1. The van der Waals surface area contributed by atoms with Crippen LogP contribution in [0.5, 0.6) is 0 Å².